The van der Waals surface area contributed by atoms with E-state index in [1.807, 2.05) is 0 Å². The van der Waals surface area contributed by atoms with Gasteiger partial charge in [-0.1, -0.05) is 18.2 Å². The molecular formula is C21H15F4N5S. The standard InChI is InChI=1S/C21H15F4N5S/c22-13-4-1-11(2-5-13)10-31-30-16-6-3-12(7-15(16)23)17-8-14(20(24)25)19-18(28-17)9-27-21(26)29-19/h1-9,20,30H,10H2,(H2,26,27,29). The van der Waals surface area contributed by atoms with Crippen LogP contribution in [0.1, 0.15) is 17.6 Å². The Morgan fingerprint density at radius 2 is 1.77 bits per heavy atom. The molecule has 158 valence electrons. The summed E-state index contributed by atoms with van der Waals surface area (Å²) in [6.07, 6.45) is -1.56. The zero-order valence-corrected chi connectivity index (χ0v) is 16.6. The maximum Gasteiger partial charge on any atom is 0.266 e. The minimum absolute atomic E-state index is 0.0396. The van der Waals surface area contributed by atoms with E-state index >= 15 is 0 Å². The Bertz CT molecular complexity index is 1230. The summed E-state index contributed by atoms with van der Waals surface area (Å²) < 4.78 is 57.5. The number of benzene rings is 2. The summed E-state index contributed by atoms with van der Waals surface area (Å²) in [5.41, 5.74) is 6.83. The topological polar surface area (TPSA) is 76.7 Å². The van der Waals surface area contributed by atoms with Crippen LogP contribution < -0.4 is 10.5 Å². The molecule has 0 aliphatic heterocycles. The molecule has 0 atom stereocenters. The van der Waals surface area contributed by atoms with E-state index in [-0.39, 0.29) is 39.7 Å². The van der Waals surface area contributed by atoms with Crippen LogP contribution in [0.4, 0.5) is 29.2 Å². The summed E-state index contributed by atoms with van der Waals surface area (Å²) in [6, 6.07) is 11.5. The number of nitrogen functional groups attached to an aromatic ring is 1. The molecule has 2 aromatic carbocycles. The van der Waals surface area contributed by atoms with Gasteiger partial charge in [-0.2, -0.15) is 0 Å². The highest BCUT2D eigenvalue weighted by molar-refractivity contribution is 7.99. The van der Waals surface area contributed by atoms with E-state index in [0.29, 0.717) is 11.3 Å². The lowest BCUT2D eigenvalue weighted by Crippen LogP contribution is -2.00. The van der Waals surface area contributed by atoms with Crippen LogP contribution in [0.5, 0.6) is 0 Å². The van der Waals surface area contributed by atoms with E-state index in [9.17, 15) is 17.6 Å². The third-order valence-electron chi connectivity index (χ3n) is 4.43. The van der Waals surface area contributed by atoms with Gasteiger partial charge in [0.05, 0.1) is 17.6 Å². The first kappa shape index (κ1) is 20.9. The normalized spacial score (nSPS) is 11.3. The van der Waals surface area contributed by atoms with Crippen molar-refractivity contribution in [3.63, 3.8) is 0 Å². The number of halogens is 4. The fraction of sp³-hybridized carbons (Fsp3) is 0.0952. The van der Waals surface area contributed by atoms with Gasteiger partial charge < -0.3 is 10.5 Å². The fourth-order valence-electron chi connectivity index (χ4n) is 2.91. The lowest BCUT2D eigenvalue weighted by atomic mass is 10.1. The van der Waals surface area contributed by atoms with Gasteiger partial charge in [-0.05, 0) is 47.8 Å². The van der Waals surface area contributed by atoms with Crippen LogP contribution in [0, 0.1) is 11.6 Å². The van der Waals surface area contributed by atoms with Crippen LogP contribution >= 0.6 is 11.9 Å². The summed E-state index contributed by atoms with van der Waals surface area (Å²) in [4.78, 5) is 11.9. The van der Waals surface area contributed by atoms with Crippen LogP contribution in [0.3, 0.4) is 0 Å². The molecule has 4 aromatic rings. The molecular weight excluding hydrogens is 430 g/mol. The first-order valence-corrected chi connectivity index (χ1v) is 10.0. The van der Waals surface area contributed by atoms with Crippen molar-refractivity contribution in [2.45, 2.75) is 12.2 Å². The van der Waals surface area contributed by atoms with Gasteiger partial charge in [0.2, 0.25) is 5.95 Å². The van der Waals surface area contributed by atoms with E-state index in [1.165, 1.54) is 48.5 Å². The molecule has 0 bridgehead atoms. The van der Waals surface area contributed by atoms with Gasteiger partial charge in [0, 0.05) is 16.9 Å². The number of fused-ring (bicyclic) bond motifs is 1. The number of anilines is 2. The molecule has 0 radical (unpaired) electrons. The highest BCUT2D eigenvalue weighted by Gasteiger charge is 2.18. The van der Waals surface area contributed by atoms with E-state index in [0.717, 1.165) is 5.56 Å². The lowest BCUT2D eigenvalue weighted by molar-refractivity contribution is 0.153. The smallest absolute Gasteiger partial charge is 0.266 e. The number of nitrogens with one attached hydrogen (secondary N) is 1. The highest BCUT2D eigenvalue weighted by atomic mass is 32.2. The Morgan fingerprint density at radius 1 is 1.00 bits per heavy atom. The summed E-state index contributed by atoms with van der Waals surface area (Å²) in [5, 5.41) is 0. The zero-order chi connectivity index (χ0) is 22.0. The summed E-state index contributed by atoms with van der Waals surface area (Å²) in [5.74, 6) is -0.536. The molecule has 0 saturated carbocycles. The number of nitrogens with zero attached hydrogens (tertiary/aromatic N) is 3. The molecule has 2 aromatic heterocycles. The lowest BCUT2D eigenvalue weighted by Gasteiger charge is -2.11. The van der Waals surface area contributed by atoms with Gasteiger partial charge in [-0.3, -0.25) is 0 Å². The van der Waals surface area contributed by atoms with Crippen molar-refractivity contribution < 1.29 is 17.6 Å². The molecule has 0 saturated heterocycles. The van der Waals surface area contributed by atoms with Crippen molar-refractivity contribution in [1.29, 1.82) is 0 Å². The molecule has 3 N–H and O–H groups in total. The number of aromatic nitrogens is 3. The molecule has 0 spiro atoms. The second kappa shape index (κ2) is 8.76. The van der Waals surface area contributed by atoms with Gasteiger partial charge in [-0.15, -0.1) is 0 Å². The largest absolute Gasteiger partial charge is 0.368 e. The Kier molecular flexibility index (Phi) is 5.90. The maximum atomic E-state index is 14.6. The fourth-order valence-corrected chi connectivity index (χ4v) is 3.66. The van der Waals surface area contributed by atoms with Gasteiger partial charge >= 0.3 is 0 Å². The number of hydrogen-bond donors (Lipinski definition) is 2. The molecule has 0 aliphatic rings. The van der Waals surface area contributed by atoms with Gasteiger partial charge in [-0.25, -0.2) is 32.5 Å². The summed E-state index contributed by atoms with van der Waals surface area (Å²) >= 11 is 1.24. The second-order valence-corrected chi connectivity index (χ2v) is 7.35. The molecule has 0 amide bonds. The average molecular weight is 445 g/mol. The molecule has 0 fully saturated rings. The Labute approximate surface area is 178 Å². The highest BCUT2D eigenvalue weighted by Crippen LogP contribution is 2.32. The monoisotopic (exact) mass is 445 g/mol. The Hall–Kier alpha value is -3.40. The third-order valence-corrected chi connectivity index (χ3v) is 5.27. The molecule has 2 heterocycles. The predicted octanol–water partition coefficient (Wildman–Crippen LogP) is 5.75. The Morgan fingerprint density at radius 3 is 2.48 bits per heavy atom. The maximum absolute atomic E-state index is 14.6. The predicted molar refractivity (Wildman–Crippen MR) is 113 cm³/mol. The number of nitrogens with two attached hydrogens (primary N) is 1. The molecule has 5 nitrogen and oxygen atoms in total. The van der Waals surface area contributed by atoms with Crippen molar-refractivity contribution in [1.82, 2.24) is 15.0 Å². The number of hydrogen-bond acceptors (Lipinski definition) is 6. The van der Waals surface area contributed by atoms with Crippen LogP contribution in [0.2, 0.25) is 0 Å². The van der Waals surface area contributed by atoms with Crippen LogP contribution in [-0.2, 0) is 5.75 Å². The quantitative estimate of drug-likeness (QED) is 0.291. The van der Waals surface area contributed by atoms with E-state index in [2.05, 4.69) is 19.7 Å². The molecule has 31 heavy (non-hydrogen) atoms. The van der Waals surface area contributed by atoms with Crippen LogP contribution in [0.25, 0.3) is 22.3 Å². The zero-order valence-electron chi connectivity index (χ0n) is 15.8. The van der Waals surface area contributed by atoms with Crippen molar-refractivity contribution in [3.05, 3.63) is 77.5 Å². The first-order chi connectivity index (χ1) is 14.9. The van der Waals surface area contributed by atoms with Crippen LogP contribution in [-0.4, -0.2) is 15.0 Å². The minimum atomic E-state index is -2.81. The van der Waals surface area contributed by atoms with Crippen LogP contribution in [0.15, 0.2) is 54.7 Å². The Balaban J connectivity index is 1.56. The van der Waals surface area contributed by atoms with Gasteiger partial charge in [0.1, 0.15) is 22.7 Å². The first-order valence-electron chi connectivity index (χ1n) is 9.04. The summed E-state index contributed by atoms with van der Waals surface area (Å²) in [6.45, 7) is 0. The summed E-state index contributed by atoms with van der Waals surface area (Å²) in [7, 11) is 0. The SMILES string of the molecule is Nc1ncc2nc(-c3ccc(NSCc4ccc(F)cc4)c(F)c3)cc(C(F)F)c2n1. The second-order valence-electron chi connectivity index (χ2n) is 6.57. The van der Waals surface area contributed by atoms with Crippen molar-refractivity contribution >= 4 is 34.6 Å². The molecule has 4 rings (SSSR count). The number of rotatable bonds is 6. The number of alkyl halides is 2. The third kappa shape index (κ3) is 4.69. The average Bonchev–Trinajstić information content (AvgIpc) is 2.75. The van der Waals surface area contributed by atoms with Crippen molar-refractivity contribution in [2.24, 2.45) is 0 Å². The van der Waals surface area contributed by atoms with Gasteiger partial charge in [0.25, 0.3) is 6.43 Å². The van der Waals surface area contributed by atoms with Gasteiger partial charge in [0.15, 0.2) is 0 Å². The molecule has 0 unspecified atom stereocenters. The van der Waals surface area contributed by atoms with E-state index in [1.54, 1.807) is 18.2 Å². The van der Waals surface area contributed by atoms with E-state index < -0.39 is 12.2 Å². The molecule has 10 heteroatoms. The molecule has 0 aliphatic carbocycles. The number of pyridine rings is 1. The van der Waals surface area contributed by atoms with E-state index in [4.69, 9.17) is 5.73 Å². The van der Waals surface area contributed by atoms with Crippen molar-refractivity contribution in [2.75, 3.05) is 10.5 Å². The minimum Gasteiger partial charge on any atom is -0.368 e. The van der Waals surface area contributed by atoms with Crippen molar-refractivity contribution in [3.8, 4) is 11.3 Å².